The van der Waals surface area contributed by atoms with Gasteiger partial charge in [-0.1, -0.05) is 90.9 Å². The standard InChI is InChI=1S/C22H42O4/c1-3-5-7-9-10-11-12-14-15-17-20(19-21(23)24)26-22(25)18-16-13-8-6-4-2/h20H,3-19H2,1-2H3,(H,23,24). The summed E-state index contributed by atoms with van der Waals surface area (Å²) in [6.45, 7) is 4.39. The van der Waals surface area contributed by atoms with E-state index in [1.807, 2.05) is 0 Å². The first kappa shape index (κ1) is 24.9. The van der Waals surface area contributed by atoms with Crippen LogP contribution in [0.15, 0.2) is 0 Å². The van der Waals surface area contributed by atoms with Gasteiger partial charge in [0.25, 0.3) is 0 Å². The number of carboxylic acid groups (broad SMARTS) is 1. The number of carbonyl (C=O) groups is 2. The van der Waals surface area contributed by atoms with Crippen LogP contribution in [0.2, 0.25) is 0 Å². The summed E-state index contributed by atoms with van der Waals surface area (Å²) in [6.07, 6.45) is 17.0. The zero-order chi connectivity index (χ0) is 19.5. The second-order valence-electron chi connectivity index (χ2n) is 7.49. The van der Waals surface area contributed by atoms with Crippen LogP contribution in [-0.4, -0.2) is 23.1 Å². The first-order valence-corrected chi connectivity index (χ1v) is 11.0. The Hall–Kier alpha value is -1.06. The average molecular weight is 371 g/mol. The van der Waals surface area contributed by atoms with Gasteiger partial charge < -0.3 is 9.84 Å². The zero-order valence-electron chi connectivity index (χ0n) is 17.3. The van der Waals surface area contributed by atoms with E-state index < -0.39 is 12.1 Å². The van der Waals surface area contributed by atoms with Crippen LogP contribution >= 0.6 is 0 Å². The van der Waals surface area contributed by atoms with Crippen molar-refractivity contribution in [1.29, 1.82) is 0 Å². The number of carboxylic acids is 1. The van der Waals surface area contributed by atoms with E-state index in [4.69, 9.17) is 9.84 Å². The summed E-state index contributed by atoms with van der Waals surface area (Å²) in [7, 11) is 0. The molecule has 4 heteroatoms. The predicted molar refractivity (Wildman–Crippen MR) is 107 cm³/mol. The summed E-state index contributed by atoms with van der Waals surface area (Å²) in [5.74, 6) is -1.12. The first-order chi connectivity index (χ1) is 12.6. The van der Waals surface area contributed by atoms with Gasteiger partial charge in [-0.05, 0) is 19.3 Å². The number of unbranched alkanes of at least 4 members (excludes halogenated alkanes) is 12. The van der Waals surface area contributed by atoms with Crippen molar-refractivity contribution >= 4 is 11.9 Å². The van der Waals surface area contributed by atoms with Gasteiger partial charge in [0.15, 0.2) is 0 Å². The number of carbonyl (C=O) groups excluding carboxylic acids is 1. The minimum absolute atomic E-state index is 0.0708. The van der Waals surface area contributed by atoms with Crippen LogP contribution in [0.4, 0.5) is 0 Å². The number of ether oxygens (including phenoxy) is 1. The molecular weight excluding hydrogens is 328 g/mol. The Morgan fingerprint density at radius 1 is 0.731 bits per heavy atom. The van der Waals surface area contributed by atoms with Gasteiger partial charge in [-0.15, -0.1) is 0 Å². The largest absolute Gasteiger partial charge is 0.481 e. The Balaban J connectivity index is 3.80. The van der Waals surface area contributed by atoms with Gasteiger partial charge in [0.1, 0.15) is 6.10 Å². The summed E-state index contributed by atoms with van der Waals surface area (Å²) in [4.78, 5) is 22.9. The van der Waals surface area contributed by atoms with Gasteiger partial charge in [0.2, 0.25) is 0 Å². The maximum Gasteiger partial charge on any atom is 0.307 e. The van der Waals surface area contributed by atoms with Crippen LogP contribution in [0.5, 0.6) is 0 Å². The summed E-state index contributed by atoms with van der Waals surface area (Å²) < 4.78 is 5.42. The van der Waals surface area contributed by atoms with Crippen LogP contribution in [0.25, 0.3) is 0 Å². The molecule has 0 aliphatic carbocycles. The third-order valence-electron chi connectivity index (χ3n) is 4.81. The molecule has 0 radical (unpaired) electrons. The molecule has 0 spiro atoms. The van der Waals surface area contributed by atoms with Gasteiger partial charge in [0.05, 0.1) is 6.42 Å². The number of hydrogen-bond acceptors (Lipinski definition) is 3. The molecule has 0 aromatic rings. The molecule has 0 saturated heterocycles. The second kappa shape index (κ2) is 18.7. The molecule has 0 aliphatic heterocycles. The van der Waals surface area contributed by atoms with Gasteiger partial charge in [-0.25, -0.2) is 0 Å². The fourth-order valence-electron chi connectivity index (χ4n) is 3.20. The fraction of sp³-hybridized carbons (Fsp3) is 0.909. The lowest BCUT2D eigenvalue weighted by Crippen LogP contribution is -2.21. The monoisotopic (exact) mass is 370 g/mol. The van der Waals surface area contributed by atoms with Crippen LogP contribution in [0, 0.1) is 0 Å². The highest BCUT2D eigenvalue weighted by molar-refractivity contribution is 5.71. The van der Waals surface area contributed by atoms with Gasteiger partial charge in [0, 0.05) is 6.42 Å². The van der Waals surface area contributed by atoms with Crippen molar-refractivity contribution in [3.05, 3.63) is 0 Å². The average Bonchev–Trinajstić information content (AvgIpc) is 2.59. The van der Waals surface area contributed by atoms with E-state index in [0.717, 1.165) is 32.1 Å². The SMILES string of the molecule is CCCCCCCCCCCC(CC(=O)O)OC(=O)CCCCCCC. The molecule has 0 amide bonds. The molecule has 0 bridgehead atoms. The van der Waals surface area contributed by atoms with Crippen molar-refractivity contribution in [3.8, 4) is 0 Å². The highest BCUT2D eigenvalue weighted by atomic mass is 16.5. The third kappa shape index (κ3) is 17.8. The molecule has 0 heterocycles. The van der Waals surface area contributed by atoms with E-state index >= 15 is 0 Å². The number of hydrogen-bond donors (Lipinski definition) is 1. The molecule has 1 unspecified atom stereocenters. The smallest absolute Gasteiger partial charge is 0.307 e. The highest BCUT2D eigenvalue weighted by Gasteiger charge is 2.17. The summed E-state index contributed by atoms with van der Waals surface area (Å²) in [5.41, 5.74) is 0. The molecule has 0 aromatic carbocycles. The van der Waals surface area contributed by atoms with E-state index in [1.165, 1.54) is 57.8 Å². The first-order valence-electron chi connectivity index (χ1n) is 11.0. The Morgan fingerprint density at radius 2 is 1.19 bits per heavy atom. The molecule has 0 fully saturated rings. The molecule has 0 aliphatic rings. The zero-order valence-corrected chi connectivity index (χ0v) is 17.3. The molecule has 1 N–H and O–H groups in total. The fourth-order valence-corrected chi connectivity index (χ4v) is 3.20. The number of esters is 1. The maximum absolute atomic E-state index is 11.9. The summed E-state index contributed by atoms with van der Waals surface area (Å²) in [5, 5.41) is 9.02. The van der Waals surface area contributed by atoms with E-state index in [-0.39, 0.29) is 12.4 Å². The molecular formula is C22H42O4. The minimum atomic E-state index is -0.887. The van der Waals surface area contributed by atoms with Crippen LogP contribution < -0.4 is 0 Å². The normalized spacial score (nSPS) is 12.1. The summed E-state index contributed by atoms with van der Waals surface area (Å²) in [6, 6.07) is 0. The lowest BCUT2D eigenvalue weighted by Gasteiger charge is -2.16. The van der Waals surface area contributed by atoms with E-state index in [0.29, 0.717) is 12.8 Å². The Bertz CT molecular complexity index is 341. The third-order valence-corrected chi connectivity index (χ3v) is 4.81. The number of aliphatic carboxylic acids is 1. The Kier molecular flexibility index (Phi) is 18.0. The lowest BCUT2D eigenvalue weighted by molar-refractivity contribution is -0.153. The Morgan fingerprint density at radius 3 is 1.69 bits per heavy atom. The van der Waals surface area contributed by atoms with Crippen molar-refractivity contribution in [2.24, 2.45) is 0 Å². The lowest BCUT2D eigenvalue weighted by atomic mass is 10.0. The molecule has 0 saturated carbocycles. The summed E-state index contributed by atoms with van der Waals surface area (Å²) >= 11 is 0. The molecule has 0 aromatic heterocycles. The van der Waals surface area contributed by atoms with E-state index in [9.17, 15) is 9.59 Å². The minimum Gasteiger partial charge on any atom is -0.481 e. The predicted octanol–water partition coefficient (Wildman–Crippen LogP) is 6.65. The van der Waals surface area contributed by atoms with Crippen LogP contribution in [0.1, 0.15) is 123 Å². The van der Waals surface area contributed by atoms with Crippen LogP contribution in [-0.2, 0) is 14.3 Å². The van der Waals surface area contributed by atoms with Gasteiger partial charge >= 0.3 is 11.9 Å². The molecule has 1 atom stereocenters. The quantitative estimate of drug-likeness (QED) is 0.204. The second-order valence-corrected chi connectivity index (χ2v) is 7.49. The van der Waals surface area contributed by atoms with Crippen LogP contribution in [0.3, 0.4) is 0 Å². The van der Waals surface area contributed by atoms with Gasteiger partial charge in [-0.2, -0.15) is 0 Å². The molecule has 26 heavy (non-hydrogen) atoms. The number of rotatable bonds is 19. The van der Waals surface area contributed by atoms with E-state index in [1.54, 1.807) is 0 Å². The molecule has 0 rings (SSSR count). The van der Waals surface area contributed by atoms with E-state index in [2.05, 4.69) is 13.8 Å². The maximum atomic E-state index is 11.9. The van der Waals surface area contributed by atoms with Crippen molar-refractivity contribution < 1.29 is 19.4 Å². The van der Waals surface area contributed by atoms with Gasteiger partial charge in [-0.3, -0.25) is 9.59 Å². The van der Waals surface area contributed by atoms with Crippen molar-refractivity contribution in [2.75, 3.05) is 0 Å². The topological polar surface area (TPSA) is 63.6 Å². The molecule has 4 nitrogen and oxygen atoms in total. The molecule has 154 valence electrons. The Labute approximate surface area is 161 Å². The van der Waals surface area contributed by atoms with Crippen molar-refractivity contribution in [3.63, 3.8) is 0 Å². The highest BCUT2D eigenvalue weighted by Crippen LogP contribution is 2.15. The van der Waals surface area contributed by atoms with Crippen molar-refractivity contribution in [1.82, 2.24) is 0 Å². The van der Waals surface area contributed by atoms with Crippen molar-refractivity contribution in [2.45, 2.75) is 129 Å².